The topological polar surface area (TPSA) is 95.9 Å². The molecular weight excluding hydrogens is 390 g/mol. The number of nitrogens with one attached hydrogen (secondary N) is 1. The van der Waals surface area contributed by atoms with Crippen molar-refractivity contribution in [3.63, 3.8) is 0 Å². The molecule has 0 amide bonds. The van der Waals surface area contributed by atoms with Gasteiger partial charge >= 0.3 is 0 Å². The molecule has 0 radical (unpaired) electrons. The summed E-state index contributed by atoms with van der Waals surface area (Å²) in [6, 6.07) is 8.33. The number of hydrogen-bond acceptors (Lipinski definition) is 6. The van der Waals surface area contributed by atoms with Crippen LogP contribution in [0.5, 0.6) is 0 Å². The summed E-state index contributed by atoms with van der Waals surface area (Å²) in [6.45, 7) is 5.62. The van der Waals surface area contributed by atoms with Crippen LogP contribution in [0.15, 0.2) is 35.2 Å². The number of aliphatic hydroxyl groups excluding tert-OH is 2. The average molecular weight is 432 g/mol. The molecule has 0 saturated carbocycles. The predicted octanol–water partition coefficient (Wildman–Crippen LogP) is 4.57. The highest BCUT2D eigenvalue weighted by Crippen LogP contribution is 2.13. The second-order valence-electron chi connectivity index (χ2n) is 7.29. The minimum Gasteiger partial charge on any atom is -0.379 e. The number of benzene rings is 1. The molecule has 0 bridgehead atoms. The first-order chi connectivity index (χ1) is 13.8. The van der Waals surface area contributed by atoms with Gasteiger partial charge in [0.05, 0.1) is 11.5 Å². The Labute approximate surface area is 177 Å². The Kier molecular flexibility index (Phi) is 17.2. The van der Waals surface area contributed by atoms with Gasteiger partial charge in [-0.1, -0.05) is 82.9 Å². The predicted molar refractivity (Wildman–Crippen MR) is 118 cm³/mol. The molecule has 2 atom stereocenters. The van der Waals surface area contributed by atoms with Crippen LogP contribution in [-0.2, 0) is 14.3 Å². The Bertz CT molecular complexity index is 570. The molecule has 0 saturated heterocycles. The van der Waals surface area contributed by atoms with Gasteiger partial charge in [-0.2, -0.15) is 8.42 Å². The first-order valence-electron chi connectivity index (χ1n) is 10.9. The minimum atomic E-state index is -3.57. The molecule has 0 aliphatic rings. The third-order valence-corrected chi connectivity index (χ3v) is 5.58. The van der Waals surface area contributed by atoms with Crippen molar-refractivity contribution in [2.24, 2.45) is 0 Å². The van der Waals surface area contributed by atoms with Crippen molar-refractivity contribution in [1.82, 2.24) is 5.32 Å². The van der Waals surface area contributed by atoms with Crippen LogP contribution in [0.3, 0.4) is 0 Å². The Morgan fingerprint density at radius 1 is 0.828 bits per heavy atom. The molecule has 0 fully saturated rings. The number of unbranched alkanes of at least 4 members (excludes halogenated alkanes) is 9. The standard InChI is InChI=1S/C18H30O3S.C4H11NO2/c1-2-3-4-5-6-7-8-9-10-14-17-21-22(19,20)18-15-12-11-13-16-18;1-3(6)5-4(2)7/h11-13,15-16H,2-10,14,17H2,1H3;3-7H,1-2H3. The van der Waals surface area contributed by atoms with Crippen LogP contribution < -0.4 is 5.32 Å². The molecule has 1 aromatic carbocycles. The molecule has 0 aromatic heterocycles. The lowest BCUT2D eigenvalue weighted by atomic mass is 10.1. The highest BCUT2D eigenvalue weighted by Gasteiger charge is 2.13. The number of hydrogen-bond donors (Lipinski definition) is 3. The Morgan fingerprint density at radius 3 is 1.69 bits per heavy atom. The van der Waals surface area contributed by atoms with Crippen LogP contribution >= 0.6 is 0 Å². The minimum absolute atomic E-state index is 0.238. The van der Waals surface area contributed by atoms with Crippen LogP contribution in [0.2, 0.25) is 0 Å². The van der Waals surface area contributed by atoms with E-state index in [0.717, 1.165) is 12.8 Å². The van der Waals surface area contributed by atoms with Gasteiger partial charge in [0, 0.05) is 0 Å². The van der Waals surface area contributed by atoms with E-state index in [1.807, 2.05) is 0 Å². The molecular formula is C22H41NO5S. The van der Waals surface area contributed by atoms with E-state index in [9.17, 15) is 8.42 Å². The summed E-state index contributed by atoms with van der Waals surface area (Å²) in [4.78, 5) is 0.238. The lowest BCUT2D eigenvalue weighted by Crippen LogP contribution is -2.33. The van der Waals surface area contributed by atoms with Gasteiger partial charge in [0.2, 0.25) is 0 Å². The molecule has 0 heterocycles. The largest absolute Gasteiger partial charge is 0.379 e. The summed E-state index contributed by atoms with van der Waals surface area (Å²) < 4.78 is 28.8. The van der Waals surface area contributed by atoms with E-state index in [4.69, 9.17) is 14.4 Å². The zero-order chi connectivity index (χ0) is 22.0. The highest BCUT2D eigenvalue weighted by molar-refractivity contribution is 7.86. The van der Waals surface area contributed by atoms with Gasteiger partial charge in [0.15, 0.2) is 0 Å². The van der Waals surface area contributed by atoms with Crippen LogP contribution in [0.1, 0.15) is 85.0 Å². The molecule has 29 heavy (non-hydrogen) atoms. The van der Waals surface area contributed by atoms with Crippen molar-refractivity contribution >= 4 is 10.1 Å². The Morgan fingerprint density at radius 2 is 1.28 bits per heavy atom. The lowest BCUT2D eigenvalue weighted by molar-refractivity contribution is 0.0632. The van der Waals surface area contributed by atoms with E-state index in [1.54, 1.807) is 44.2 Å². The van der Waals surface area contributed by atoms with Crippen LogP contribution in [0.25, 0.3) is 0 Å². The smallest absolute Gasteiger partial charge is 0.296 e. The highest BCUT2D eigenvalue weighted by atomic mass is 32.2. The first-order valence-corrected chi connectivity index (χ1v) is 12.3. The maximum atomic E-state index is 11.9. The zero-order valence-corrected chi connectivity index (χ0v) is 19.2. The molecule has 1 rings (SSSR count). The van der Waals surface area contributed by atoms with Crippen molar-refractivity contribution in [3.05, 3.63) is 30.3 Å². The molecule has 2 unspecified atom stereocenters. The maximum absolute atomic E-state index is 11.9. The summed E-state index contributed by atoms with van der Waals surface area (Å²) in [5.74, 6) is 0. The van der Waals surface area contributed by atoms with Crippen LogP contribution in [-0.4, -0.2) is 37.7 Å². The second kappa shape index (κ2) is 17.8. The Balaban J connectivity index is 0.000000956. The third kappa shape index (κ3) is 17.6. The van der Waals surface area contributed by atoms with Crippen LogP contribution in [0, 0.1) is 0 Å². The van der Waals surface area contributed by atoms with Crippen molar-refractivity contribution in [3.8, 4) is 0 Å². The zero-order valence-electron chi connectivity index (χ0n) is 18.3. The molecule has 6 nitrogen and oxygen atoms in total. The fourth-order valence-corrected chi connectivity index (χ4v) is 3.73. The third-order valence-electron chi connectivity index (χ3n) is 4.25. The van der Waals surface area contributed by atoms with Crippen molar-refractivity contribution in [2.45, 2.75) is 102 Å². The Hall–Kier alpha value is -0.990. The fraction of sp³-hybridized carbons (Fsp3) is 0.727. The van der Waals surface area contributed by atoms with Crippen molar-refractivity contribution in [2.75, 3.05) is 6.61 Å². The summed E-state index contributed by atoms with van der Waals surface area (Å²) in [5.41, 5.74) is 0. The lowest BCUT2D eigenvalue weighted by Gasteiger charge is -2.08. The SMILES string of the molecule is CC(O)NC(C)O.CCCCCCCCCCCCOS(=O)(=O)c1ccccc1. The van der Waals surface area contributed by atoms with Crippen molar-refractivity contribution in [1.29, 1.82) is 0 Å². The second-order valence-corrected chi connectivity index (χ2v) is 8.91. The van der Waals surface area contributed by atoms with E-state index in [0.29, 0.717) is 0 Å². The van der Waals surface area contributed by atoms with E-state index in [1.165, 1.54) is 51.4 Å². The van der Waals surface area contributed by atoms with Gasteiger partial charge in [-0.25, -0.2) is 0 Å². The van der Waals surface area contributed by atoms with Crippen molar-refractivity contribution < 1.29 is 22.8 Å². The normalized spacial score (nSPS) is 13.4. The summed E-state index contributed by atoms with van der Waals surface area (Å²) >= 11 is 0. The molecule has 170 valence electrons. The van der Waals surface area contributed by atoms with E-state index >= 15 is 0 Å². The van der Waals surface area contributed by atoms with Gasteiger partial charge in [0.25, 0.3) is 10.1 Å². The monoisotopic (exact) mass is 431 g/mol. The molecule has 7 heteroatoms. The molecule has 3 N–H and O–H groups in total. The van der Waals surface area contributed by atoms with E-state index < -0.39 is 22.6 Å². The molecule has 0 aliphatic heterocycles. The summed E-state index contributed by atoms with van der Waals surface area (Å²) in [7, 11) is -3.57. The van der Waals surface area contributed by atoms with Gasteiger partial charge in [-0.15, -0.1) is 0 Å². The fourth-order valence-electron chi connectivity index (χ4n) is 2.76. The van der Waals surface area contributed by atoms with Gasteiger partial charge in [0.1, 0.15) is 12.5 Å². The summed E-state index contributed by atoms with van der Waals surface area (Å²) in [5, 5.41) is 19.3. The molecule has 0 spiro atoms. The first kappa shape index (κ1) is 28.0. The maximum Gasteiger partial charge on any atom is 0.296 e. The number of aliphatic hydroxyl groups is 2. The molecule has 1 aromatic rings. The van der Waals surface area contributed by atoms with E-state index in [-0.39, 0.29) is 11.5 Å². The van der Waals surface area contributed by atoms with E-state index in [2.05, 4.69) is 12.2 Å². The van der Waals surface area contributed by atoms with Gasteiger partial charge in [-0.3, -0.25) is 9.50 Å². The number of rotatable bonds is 15. The summed E-state index contributed by atoms with van der Waals surface area (Å²) in [6.07, 6.45) is 11.0. The average Bonchev–Trinajstić information content (AvgIpc) is 2.66. The quantitative estimate of drug-likeness (QED) is 0.214. The molecule has 0 aliphatic carbocycles. The van der Waals surface area contributed by atoms with Crippen LogP contribution in [0.4, 0.5) is 0 Å². The van der Waals surface area contributed by atoms with Gasteiger partial charge < -0.3 is 10.2 Å². The van der Waals surface area contributed by atoms with Gasteiger partial charge in [-0.05, 0) is 32.4 Å².